The lowest BCUT2D eigenvalue weighted by atomic mass is 10.1. The highest BCUT2D eigenvalue weighted by molar-refractivity contribution is 7.99. The molecule has 0 radical (unpaired) electrons. The number of aryl methyl sites for hydroxylation is 1. The van der Waals surface area contributed by atoms with Crippen LogP contribution in [0.25, 0.3) is 22.6 Å². The molecule has 4 aromatic rings. The number of nitrogen functional groups attached to an aromatic ring is 1. The Bertz CT molecular complexity index is 1240. The Hall–Kier alpha value is -3.37. The molecule has 0 aliphatic carbocycles. The molecular formula is C20H17ClFN7OS. The normalized spacial score (nSPS) is 10.9. The Morgan fingerprint density at radius 3 is 2.68 bits per heavy atom. The van der Waals surface area contributed by atoms with E-state index in [2.05, 4.69) is 20.6 Å². The lowest BCUT2D eigenvalue weighted by Gasteiger charge is -2.05. The van der Waals surface area contributed by atoms with Crippen LogP contribution in [0, 0.1) is 5.82 Å². The molecule has 158 valence electrons. The summed E-state index contributed by atoms with van der Waals surface area (Å²) in [4.78, 5) is 12.4. The summed E-state index contributed by atoms with van der Waals surface area (Å²) in [5.41, 5.74) is 2.09. The summed E-state index contributed by atoms with van der Waals surface area (Å²) in [6, 6.07) is 14.9. The number of nitrogens with one attached hydrogen (secondary N) is 1. The molecule has 3 N–H and O–H groups in total. The average Bonchev–Trinajstić information content (AvgIpc) is 3.29. The molecule has 4 rings (SSSR count). The topological polar surface area (TPSA) is 104 Å². The molecular weight excluding hydrogens is 441 g/mol. The van der Waals surface area contributed by atoms with Crippen molar-refractivity contribution in [2.45, 2.75) is 5.16 Å². The SMILES string of the molecule is Cn1nc(-c2ccc(Cl)cc2)cc1NC(=O)CSc1nnc(-c2cccc(F)c2)n1N. The summed E-state index contributed by atoms with van der Waals surface area (Å²) >= 11 is 7.04. The number of thioether (sulfide) groups is 1. The zero-order valence-electron chi connectivity index (χ0n) is 16.3. The molecule has 0 aliphatic heterocycles. The maximum atomic E-state index is 13.4. The van der Waals surface area contributed by atoms with Gasteiger partial charge < -0.3 is 11.2 Å². The Kier molecular flexibility index (Phi) is 5.92. The largest absolute Gasteiger partial charge is 0.335 e. The molecule has 1 amide bonds. The van der Waals surface area contributed by atoms with Gasteiger partial charge in [-0.3, -0.25) is 9.48 Å². The van der Waals surface area contributed by atoms with Gasteiger partial charge in [0.1, 0.15) is 11.6 Å². The maximum Gasteiger partial charge on any atom is 0.235 e. The quantitative estimate of drug-likeness (QED) is 0.339. The van der Waals surface area contributed by atoms with Gasteiger partial charge in [0, 0.05) is 29.3 Å². The monoisotopic (exact) mass is 457 g/mol. The number of halogens is 2. The van der Waals surface area contributed by atoms with Gasteiger partial charge >= 0.3 is 0 Å². The van der Waals surface area contributed by atoms with Crippen LogP contribution >= 0.6 is 23.4 Å². The fourth-order valence-electron chi connectivity index (χ4n) is 2.85. The number of nitrogens with zero attached hydrogens (tertiary/aromatic N) is 5. The number of aromatic nitrogens is 5. The van der Waals surface area contributed by atoms with Crippen LogP contribution in [0.4, 0.5) is 10.2 Å². The van der Waals surface area contributed by atoms with E-state index < -0.39 is 5.82 Å². The second kappa shape index (κ2) is 8.78. The minimum atomic E-state index is -0.400. The summed E-state index contributed by atoms with van der Waals surface area (Å²) < 4.78 is 16.3. The van der Waals surface area contributed by atoms with Crippen molar-refractivity contribution in [2.24, 2.45) is 7.05 Å². The van der Waals surface area contributed by atoms with Gasteiger partial charge in [-0.2, -0.15) is 5.10 Å². The summed E-state index contributed by atoms with van der Waals surface area (Å²) in [7, 11) is 1.74. The Morgan fingerprint density at radius 1 is 1.16 bits per heavy atom. The molecule has 2 heterocycles. The maximum absolute atomic E-state index is 13.4. The molecule has 0 fully saturated rings. The first kappa shape index (κ1) is 20.9. The van der Waals surface area contributed by atoms with Crippen LogP contribution in [0.5, 0.6) is 0 Å². The molecule has 0 bridgehead atoms. The van der Waals surface area contributed by atoms with Crippen molar-refractivity contribution in [3.8, 4) is 22.6 Å². The van der Waals surface area contributed by atoms with Crippen LogP contribution in [-0.2, 0) is 11.8 Å². The van der Waals surface area contributed by atoms with Gasteiger partial charge in [0.05, 0.1) is 11.4 Å². The van der Waals surface area contributed by atoms with Gasteiger partial charge in [-0.1, -0.05) is 47.6 Å². The number of carbonyl (C=O) groups excluding carboxylic acids is 1. The van der Waals surface area contributed by atoms with Gasteiger partial charge in [0.15, 0.2) is 5.82 Å². The second-order valence-corrected chi connectivity index (χ2v) is 7.95. The van der Waals surface area contributed by atoms with Crippen LogP contribution in [0.2, 0.25) is 5.02 Å². The van der Waals surface area contributed by atoms with Crippen LogP contribution in [0.1, 0.15) is 0 Å². The smallest absolute Gasteiger partial charge is 0.235 e. The van der Waals surface area contributed by atoms with E-state index in [1.54, 1.807) is 42.1 Å². The average molecular weight is 458 g/mol. The van der Waals surface area contributed by atoms with Gasteiger partial charge in [-0.15, -0.1) is 10.2 Å². The number of carbonyl (C=O) groups is 1. The highest BCUT2D eigenvalue weighted by atomic mass is 35.5. The number of anilines is 1. The fourth-order valence-corrected chi connectivity index (χ4v) is 3.64. The standard InChI is InChI=1S/C20H17ClFN7OS/c1-28-17(10-16(27-28)12-5-7-14(21)8-6-12)24-18(30)11-31-20-26-25-19(29(20)23)13-3-2-4-15(22)9-13/h2-10H,11,23H2,1H3,(H,24,30). The number of hydrogen-bond donors (Lipinski definition) is 2. The molecule has 2 aromatic heterocycles. The van der Waals surface area contributed by atoms with Gasteiger partial charge in [0.2, 0.25) is 11.1 Å². The summed E-state index contributed by atoms with van der Waals surface area (Å²) in [6.45, 7) is 0. The number of rotatable bonds is 6. The van der Waals surface area contributed by atoms with Crippen molar-refractivity contribution in [3.05, 3.63) is 65.4 Å². The van der Waals surface area contributed by atoms with Gasteiger partial charge in [-0.05, 0) is 24.3 Å². The minimum Gasteiger partial charge on any atom is -0.335 e. The molecule has 8 nitrogen and oxygen atoms in total. The third kappa shape index (κ3) is 4.70. The van der Waals surface area contributed by atoms with E-state index in [-0.39, 0.29) is 11.7 Å². The fraction of sp³-hybridized carbons (Fsp3) is 0.100. The number of nitrogens with two attached hydrogens (primary N) is 1. The first-order chi connectivity index (χ1) is 14.9. The van der Waals surface area contributed by atoms with Crippen LogP contribution in [0.15, 0.2) is 59.8 Å². The van der Waals surface area contributed by atoms with E-state index in [4.69, 9.17) is 17.4 Å². The molecule has 0 aliphatic rings. The predicted octanol–water partition coefficient (Wildman–Crippen LogP) is 3.58. The first-order valence-electron chi connectivity index (χ1n) is 9.10. The van der Waals surface area contributed by atoms with E-state index in [0.717, 1.165) is 17.3 Å². The van der Waals surface area contributed by atoms with E-state index in [1.807, 2.05) is 12.1 Å². The molecule has 11 heteroatoms. The van der Waals surface area contributed by atoms with Crippen LogP contribution < -0.4 is 11.2 Å². The molecule has 0 spiro atoms. The number of hydrogen-bond acceptors (Lipinski definition) is 6. The van der Waals surface area contributed by atoms with E-state index in [0.29, 0.717) is 33.1 Å². The van der Waals surface area contributed by atoms with Crippen molar-refractivity contribution in [1.82, 2.24) is 24.7 Å². The summed E-state index contributed by atoms with van der Waals surface area (Å²) in [5, 5.41) is 16.2. The van der Waals surface area contributed by atoms with Crippen LogP contribution in [0.3, 0.4) is 0 Å². The Labute approximate surface area is 186 Å². The predicted molar refractivity (Wildman–Crippen MR) is 119 cm³/mol. The molecule has 0 saturated heterocycles. The van der Waals surface area contributed by atoms with Crippen LogP contribution in [-0.4, -0.2) is 36.3 Å². The van der Waals surface area contributed by atoms with Crippen molar-refractivity contribution in [3.63, 3.8) is 0 Å². The third-order valence-electron chi connectivity index (χ3n) is 4.37. The first-order valence-corrected chi connectivity index (χ1v) is 10.5. The van der Waals surface area contributed by atoms with Crippen molar-refractivity contribution in [2.75, 3.05) is 16.9 Å². The van der Waals surface area contributed by atoms with E-state index >= 15 is 0 Å². The lowest BCUT2D eigenvalue weighted by molar-refractivity contribution is -0.113. The second-order valence-electron chi connectivity index (χ2n) is 6.57. The zero-order chi connectivity index (χ0) is 22.0. The Morgan fingerprint density at radius 2 is 1.94 bits per heavy atom. The number of amides is 1. The molecule has 0 unspecified atom stereocenters. The molecule has 2 aromatic carbocycles. The van der Waals surface area contributed by atoms with Crippen molar-refractivity contribution in [1.29, 1.82) is 0 Å². The summed E-state index contributed by atoms with van der Waals surface area (Å²) in [6.07, 6.45) is 0. The van der Waals surface area contributed by atoms with Gasteiger partial charge in [-0.25, -0.2) is 9.07 Å². The highest BCUT2D eigenvalue weighted by Crippen LogP contribution is 2.24. The highest BCUT2D eigenvalue weighted by Gasteiger charge is 2.15. The zero-order valence-corrected chi connectivity index (χ0v) is 17.9. The number of benzene rings is 2. The van der Waals surface area contributed by atoms with Crippen molar-refractivity contribution >= 4 is 35.1 Å². The molecule has 0 atom stereocenters. The molecule has 0 saturated carbocycles. The minimum absolute atomic E-state index is 0.0555. The molecule has 31 heavy (non-hydrogen) atoms. The summed E-state index contributed by atoms with van der Waals surface area (Å²) in [5.74, 6) is 6.27. The van der Waals surface area contributed by atoms with E-state index in [1.165, 1.54) is 16.8 Å². The van der Waals surface area contributed by atoms with Gasteiger partial charge in [0.25, 0.3) is 0 Å². The Balaban J connectivity index is 1.41. The third-order valence-corrected chi connectivity index (χ3v) is 5.56. The van der Waals surface area contributed by atoms with E-state index in [9.17, 15) is 9.18 Å². The van der Waals surface area contributed by atoms with Crippen molar-refractivity contribution < 1.29 is 9.18 Å². The lowest BCUT2D eigenvalue weighted by Crippen LogP contribution is -2.18.